The van der Waals surface area contributed by atoms with Gasteiger partial charge in [-0.3, -0.25) is 0 Å². The smallest absolute Gasteiger partial charge is 0.128 e. The number of rotatable bonds is 1. The summed E-state index contributed by atoms with van der Waals surface area (Å²) in [6.45, 7) is 3.86. The zero-order chi connectivity index (χ0) is 11.7. The van der Waals surface area contributed by atoms with Crippen LogP contribution in [0, 0.1) is 16.7 Å². The summed E-state index contributed by atoms with van der Waals surface area (Å²) in [4.78, 5) is 6.65. The zero-order valence-corrected chi connectivity index (χ0v) is 9.72. The van der Waals surface area contributed by atoms with E-state index in [-0.39, 0.29) is 0 Å². The molecule has 0 amide bonds. The molecule has 88 valence electrons. The molecule has 1 aromatic rings. The summed E-state index contributed by atoms with van der Waals surface area (Å²) < 4.78 is 5.51. The lowest BCUT2D eigenvalue weighted by Gasteiger charge is -2.22. The van der Waals surface area contributed by atoms with Crippen LogP contribution in [-0.4, -0.2) is 31.3 Å². The Morgan fingerprint density at radius 2 is 2.35 bits per heavy atom. The second-order valence-electron chi connectivity index (χ2n) is 4.99. The number of nitriles is 1. The van der Waals surface area contributed by atoms with E-state index in [1.807, 2.05) is 12.1 Å². The van der Waals surface area contributed by atoms with Crippen LogP contribution >= 0.6 is 0 Å². The van der Waals surface area contributed by atoms with E-state index < -0.39 is 0 Å². The molecule has 2 aliphatic heterocycles. The van der Waals surface area contributed by atoms with E-state index in [4.69, 9.17) is 10.00 Å². The SMILES string of the molecule is N#Cc1ccc(N2CCC3(CCOC3)C2)nc1. The van der Waals surface area contributed by atoms with E-state index in [0.717, 1.165) is 32.1 Å². The molecule has 4 heteroatoms. The van der Waals surface area contributed by atoms with Gasteiger partial charge in [0.1, 0.15) is 11.9 Å². The third-order valence-corrected chi connectivity index (χ3v) is 3.82. The van der Waals surface area contributed by atoms with Crippen LogP contribution < -0.4 is 4.90 Å². The molecular formula is C13H15N3O. The third kappa shape index (κ3) is 1.87. The minimum atomic E-state index is 0.357. The number of nitrogens with zero attached hydrogens (tertiary/aromatic N) is 3. The second kappa shape index (κ2) is 4.01. The summed E-state index contributed by atoms with van der Waals surface area (Å²) in [5.74, 6) is 0.979. The fraction of sp³-hybridized carbons (Fsp3) is 0.538. The summed E-state index contributed by atoms with van der Waals surface area (Å²) in [5.41, 5.74) is 0.974. The molecule has 3 rings (SSSR count). The normalized spacial score (nSPS) is 27.6. The minimum absolute atomic E-state index is 0.357. The van der Waals surface area contributed by atoms with E-state index in [2.05, 4.69) is 16.0 Å². The molecule has 1 unspecified atom stereocenters. The van der Waals surface area contributed by atoms with Crippen molar-refractivity contribution in [2.45, 2.75) is 12.8 Å². The summed E-state index contributed by atoms with van der Waals surface area (Å²) in [5, 5.41) is 8.74. The standard InChI is InChI=1S/C13H15N3O/c14-7-11-1-2-12(15-8-11)16-5-3-13(9-16)4-6-17-10-13/h1-2,8H,3-6,9-10H2. The summed E-state index contributed by atoms with van der Waals surface area (Å²) >= 11 is 0. The van der Waals surface area contributed by atoms with E-state index in [1.54, 1.807) is 6.20 Å². The Morgan fingerprint density at radius 1 is 1.41 bits per heavy atom. The highest BCUT2D eigenvalue weighted by atomic mass is 16.5. The molecule has 0 aromatic carbocycles. The zero-order valence-electron chi connectivity index (χ0n) is 9.72. The van der Waals surface area contributed by atoms with E-state index in [9.17, 15) is 0 Å². The Balaban J connectivity index is 1.75. The third-order valence-electron chi connectivity index (χ3n) is 3.82. The van der Waals surface area contributed by atoms with Gasteiger partial charge in [0.05, 0.1) is 12.2 Å². The molecule has 4 nitrogen and oxygen atoms in total. The fourth-order valence-electron chi connectivity index (χ4n) is 2.74. The first-order chi connectivity index (χ1) is 8.31. The first kappa shape index (κ1) is 10.5. The Kier molecular flexibility index (Phi) is 2.49. The Hall–Kier alpha value is -1.60. The van der Waals surface area contributed by atoms with E-state index in [1.165, 1.54) is 12.8 Å². The van der Waals surface area contributed by atoms with Gasteiger partial charge in [-0.2, -0.15) is 5.26 Å². The molecule has 0 bridgehead atoms. The lowest BCUT2D eigenvalue weighted by atomic mass is 9.87. The maximum atomic E-state index is 8.74. The highest BCUT2D eigenvalue weighted by Crippen LogP contribution is 2.39. The molecule has 1 aromatic heterocycles. The number of pyridine rings is 1. The van der Waals surface area contributed by atoms with Crippen LogP contribution in [0.25, 0.3) is 0 Å². The lowest BCUT2D eigenvalue weighted by Crippen LogP contribution is -2.27. The lowest BCUT2D eigenvalue weighted by molar-refractivity contribution is 0.160. The largest absolute Gasteiger partial charge is 0.381 e. The topological polar surface area (TPSA) is 49.2 Å². The van der Waals surface area contributed by atoms with Crippen molar-refractivity contribution in [3.63, 3.8) is 0 Å². The van der Waals surface area contributed by atoms with E-state index in [0.29, 0.717) is 11.0 Å². The quantitative estimate of drug-likeness (QED) is 0.733. The summed E-state index contributed by atoms with van der Waals surface area (Å²) in [7, 11) is 0. The van der Waals surface area contributed by atoms with Crippen LogP contribution in [0.15, 0.2) is 18.3 Å². The van der Waals surface area contributed by atoms with Crippen molar-refractivity contribution in [1.82, 2.24) is 4.98 Å². The predicted octanol–water partition coefficient (Wildman–Crippen LogP) is 1.57. The number of hydrogen-bond acceptors (Lipinski definition) is 4. The molecule has 1 atom stereocenters. The molecule has 0 aliphatic carbocycles. The van der Waals surface area contributed by atoms with Gasteiger partial charge in [0.25, 0.3) is 0 Å². The van der Waals surface area contributed by atoms with Crippen molar-refractivity contribution in [3.05, 3.63) is 23.9 Å². The van der Waals surface area contributed by atoms with Gasteiger partial charge in [0, 0.05) is 31.3 Å². The summed E-state index contributed by atoms with van der Waals surface area (Å²) in [6, 6.07) is 5.86. The van der Waals surface area contributed by atoms with Crippen LogP contribution in [0.2, 0.25) is 0 Å². The molecule has 0 N–H and O–H groups in total. The molecule has 0 saturated carbocycles. The van der Waals surface area contributed by atoms with Crippen LogP contribution in [0.5, 0.6) is 0 Å². The molecule has 0 radical (unpaired) electrons. The van der Waals surface area contributed by atoms with Gasteiger partial charge in [-0.1, -0.05) is 0 Å². The average Bonchev–Trinajstić information content (AvgIpc) is 3.01. The Bertz CT molecular complexity index is 443. The maximum Gasteiger partial charge on any atom is 0.128 e. The van der Waals surface area contributed by atoms with Crippen LogP contribution in [-0.2, 0) is 4.74 Å². The van der Waals surface area contributed by atoms with Crippen LogP contribution in [0.1, 0.15) is 18.4 Å². The van der Waals surface area contributed by atoms with Crippen molar-refractivity contribution in [2.75, 3.05) is 31.2 Å². The molecule has 3 heterocycles. The Morgan fingerprint density at radius 3 is 3.00 bits per heavy atom. The van der Waals surface area contributed by atoms with Gasteiger partial charge in [-0.25, -0.2) is 4.98 Å². The minimum Gasteiger partial charge on any atom is -0.381 e. The fourth-order valence-corrected chi connectivity index (χ4v) is 2.74. The Labute approximate surface area is 101 Å². The number of ether oxygens (including phenoxy) is 1. The first-order valence-electron chi connectivity index (χ1n) is 6.00. The summed E-state index contributed by atoms with van der Waals surface area (Å²) in [6.07, 6.45) is 4.00. The van der Waals surface area contributed by atoms with Crippen molar-refractivity contribution >= 4 is 5.82 Å². The number of aromatic nitrogens is 1. The molecule has 17 heavy (non-hydrogen) atoms. The predicted molar refractivity (Wildman–Crippen MR) is 63.7 cm³/mol. The molecule has 1 spiro atoms. The molecule has 2 saturated heterocycles. The van der Waals surface area contributed by atoms with Crippen LogP contribution in [0.3, 0.4) is 0 Å². The molecule has 2 aliphatic rings. The number of anilines is 1. The van der Waals surface area contributed by atoms with E-state index >= 15 is 0 Å². The van der Waals surface area contributed by atoms with Crippen molar-refractivity contribution in [2.24, 2.45) is 5.41 Å². The highest BCUT2D eigenvalue weighted by Gasteiger charge is 2.41. The van der Waals surface area contributed by atoms with Crippen molar-refractivity contribution in [3.8, 4) is 6.07 Å². The van der Waals surface area contributed by atoms with Gasteiger partial charge in [-0.05, 0) is 25.0 Å². The van der Waals surface area contributed by atoms with Gasteiger partial charge < -0.3 is 9.64 Å². The highest BCUT2D eigenvalue weighted by molar-refractivity contribution is 5.43. The van der Waals surface area contributed by atoms with Crippen molar-refractivity contribution in [1.29, 1.82) is 5.26 Å². The van der Waals surface area contributed by atoms with Crippen LogP contribution in [0.4, 0.5) is 5.82 Å². The van der Waals surface area contributed by atoms with Gasteiger partial charge in [0.2, 0.25) is 0 Å². The molecular weight excluding hydrogens is 214 g/mol. The van der Waals surface area contributed by atoms with Gasteiger partial charge in [-0.15, -0.1) is 0 Å². The van der Waals surface area contributed by atoms with Gasteiger partial charge >= 0.3 is 0 Å². The van der Waals surface area contributed by atoms with Gasteiger partial charge in [0.15, 0.2) is 0 Å². The molecule has 2 fully saturated rings. The van der Waals surface area contributed by atoms with Crippen molar-refractivity contribution < 1.29 is 4.74 Å². The first-order valence-corrected chi connectivity index (χ1v) is 6.00. The second-order valence-corrected chi connectivity index (χ2v) is 4.99. The average molecular weight is 229 g/mol. The number of hydrogen-bond donors (Lipinski definition) is 0. The maximum absolute atomic E-state index is 8.74. The monoisotopic (exact) mass is 229 g/mol.